The molecular weight excluding hydrogens is 305 g/mol. The summed E-state index contributed by atoms with van der Waals surface area (Å²) in [6.07, 6.45) is 5.17. The van der Waals surface area contributed by atoms with E-state index in [2.05, 4.69) is 10.3 Å². The molecule has 0 spiro atoms. The average molecular weight is 328 g/mol. The van der Waals surface area contributed by atoms with E-state index in [9.17, 15) is 9.50 Å². The van der Waals surface area contributed by atoms with Crippen LogP contribution in [0.4, 0.5) is 4.39 Å². The van der Waals surface area contributed by atoms with E-state index in [4.69, 9.17) is 11.6 Å². The molecule has 1 aromatic carbocycles. The summed E-state index contributed by atoms with van der Waals surface area (Å²) in [5.41, 5.74) is 1.46. The van der Waals surface area contributed by atoms with Gasteiger partial charge in [-0.3, -0.25) is 0 Å². The number of piperidine rings is 1. The van der Waals surface area contributed by atoms with Crippen LogP contribution in [0.2, 0.25) is 5.02 Å². The van der Waals surface area contributed by atoms with Crippen LogP contribution in [0.25, 0.3) is 11.0 Å². The van der Waals surface area contributed by atoms with Crippen molar-refractivity contribution in [3.63, 3.8) is 0 Å². The lowest BCUT2D eigenvalue weighted by molar-refractivity contribution is 0.0909. The summed E-state index contributed by atoms with van der Waals surface area (Å²) in [7, 11) is 0. The minimum atomic E-state index is -0.421. The molecule has 1 saturated heterocycles. The molecule has 122 valence electrons. The molecule has 0 unspecified atom stereocenters. The molecule has 1 aliphatic rings. The molecule has 2 aromatic rings. The summed E-state index contributed by atoms with van der Waals surface area (Å²) >= 11 is 5.76. The van der Waals surface area contributed by atoms with Crippen molar-refractivity contribution in [2.75, 3.05) is 6.54 Å². The third kappa shape index (κ3) is 3.59. The van der Waals surface area contributed by atoms with Crippen LogP contribution in [-0.2, 0) is 6.54 Å². The molecule has 0 aliphatic carbocycles. The van der Waals surface area contributed by atoms with Gasteiger partial charge in [-0.15, -0.1) is 0 Å². The first-order chi connectivity index (χ1) is 10.1. The van der Waals surface area contributed by atoms with Gasteiger partial charge in [-0.2, -0.15) is 0 Å². The van der Waals surface area contributed by atoms with Crippen molar-refractivity contribution in [2.24, 2.45) is 0 Å². The minimum absolute atomic E-state index is 0. The maximum atomic E-state index is 13.6. The number of nitrogens with one attached hydrogen (secondary N) is 1. The molecule has 1 aliphatic heterocycles. The van der Waals surface area contributed by atoms with Crippen molar-refractivity contribution in [1.29, 1.82) is 0 Å². The first-order valence-corrected chi connectivity index (χ1v) is 7.74. The molecule has 0 radical (unpaired) electrons. The fourth-order valence-corrected chi connectivity index (χ4v) is 3.10. The standard InChI is InChI=1S/C15H19ClFN3O.CH4/c16-10-7-13-14(8-11(10)17)20(9-19-13)6-2-3-12-15(21)4-1-5-18-12;/h7-9,12,15,18,21H,1-6H2;1H4/t12-,15+;/m1./s1. The van der Waals surface area contributed by atoms with Crippen LogP contribution in [0.5, 0.6) is 0 Å². The van der Waals surface area contributed by atoms with Crippen LogP contribution < -0.4 is 5.32 Å². The highest BCUT2D eigenvalue weighted by atomic mass is 35.5. The van der Waals surface area contributed by atoms with Gasteiger partial charge in [0.1, 0.15) is 5.82 Å². The smallest absolute Gasteiger partial charge is 0.144 e. The SMILES string of the molecule is C.O[C@H]1CCCN[C@@H]1CCCn1cnc2cc(Cl)c(F)cc21. The van der Waals surface area contributed by atoms with Crippen molar-refractivity contribution >= 4 is 22.6 Å². The van der Waals surface area contributed by atoms with Gasteiger partial charge >= 0.3 is 0 Å². The molecular formula is C16H23ClFN3O. The van der Waals surface area contributed by atoms with E-state index in [0.717, 1.165) is 44.3 Å². The van der Waals surface area contributed by atoms with Gasteiger partial charge in [0.25, 0.3) is 0 Å². The third-order valence-corrected chi connectivity index (χ3v) is 4.41. The van der Waals surface area contributed by atoms with Gasteiger partial charge < -0.3 is 15.0 Å². The maximum Gasteiger partial charge on any atom is 0.144 e. The summed E-state index contributed by atoms with van der Waals surface area (Å²) < 4.78 is 15.5. The Hall–Kier alpha value is -1.17. The number of hydrogen-bond donors (Lipinski definition) is 2. The van der Waals surface area contributed by atoms with Gasteiger partial charge in [-0.25, -0.2) is 9.37 Å². The van der Waals surface area contributed by atoms with E-state index in [1.165, 1.54) is 6.07 Å². The van der Waals surface area contributed by atoms with E-state index in [-0.39, 0.29) is 24.6 Å². The maximum absolute atomic E-state index is 13.6. The fraction of sp³-hybridized carbons (Fsp3) is 0.562. The van der Waals surface area contributed by atoms with Crippen LogP contribution in [0.15, 0.2) is 18.5 Å². The largest absolute Gasteiger partial charge is 0.392 e. The molecule has 0 bridgehead atoms. The zero-order valence-corrected chi connectivity index (χ0v) is 12.5. The number of aliphatic hydroxyl groups is 1. The van der Waals surface area contributed by atoms with Gasteiger partial charge in [0, 0.05) is 18.7 Å². The lowest BCUT2D eigenvalue weighted by atomic mass is 9.97. The lowest BCUT2D eigenvalue weighted by Crippen LogP contribution is -2.44. The fourth-order valence-electron chi connectivity index (χ4n) is 2.94. The topological polar surface area (TPSA) is 50.1 Å². The number of benzene rings is 1. The molecule has 4 nitrogen and oxygen atoms in total. The van der Waals surface area contributed by atoms with E-state index in [1.54, 1.807) is 12.4 Å². The normalized spacial score (nSPS) is 21.8. The summed E-state index contributed by atoms with van der Waals surface area (Å²) in [4.78, 5) is 4.25. The average Bonchev–Trinajstić information content (AvgIpc) is 2.84. The number of imidazole rings is 1. The number of hydrogen-bond acceptors (Lipinski definition) is 3. The monoisotopic (exact) mass is 327 g/mol. The van der Waals surface area contributed by atoms with E-state index in [0.29, 0.717) is 5.52 Å². The second-order valence-corrected chi connectivity index (χ2v) is 6.01. The number of halogens is 2. The molecule has 1 fully saturated rings. The molecule has 1 aromatic heterocycles. The first kappa shape index (κ1) is 17.2. The summed E-state index contributed by atoms with van der Waals surface area (Å²) in [5.74, 6) is -0.421. The first-order valence-electron chi connectivity index (χ1n) is 7.36. The van der Waals surface area contributed by atoms with Gasteiger partial charge in [-0.05, 0) is 38.3 Å². The predicted octanol–water partition coefficient (Wildman–Crippen LogP) is 3.36. The van der Waals surface area contributed by atoms with E-state index >= 15 is 0 Å². The number of nitrogens with zero attached hydrogens (tertiary/aromatic N) is 2. The Morgan fingerprint density at radius 1 is 1.45 bits per heavy atom. The Labute approximate surface area is 135 Å². The number of fused-ring (bicyclic) bond motifs is 1. The van der Waals surface area contributed by atoms with Crippen LogP contribution in [-0.4, -0.2) is 33.3 Å². The Morgan fingerprint density at radius 2 is 2.27 bits per heavy atom. The zero-order valence-electron chi connectivity index (χ0n) is 11.7. The highest BCUT2D eigenvalue weighted by Crippen LogP contribution is 2.22. The van der Waals surface area contributed by atoms with Crippen molar-refractivity contribution in [3.8, 4) is 0 Å². The van der Waals surface area contributed by atoms with Crippen LogP contribution in [0.3, 0.4) is 0 Å². The summed E-state index contributed by atoms with van der Waals surface area (Å²) in [5, 5.41) is 13.4. The van der Waals surface area contributed by atoms with Gasteiger partial charge in [-0.1, -0.05) is 19.0 Å². The van der Waals surface area contributed by atoms with Gasteiger partial charge in [0.2, 0.25) is 0 Å². The Bertz CT molecular complexity index is 631. The van der Waals surface area contributed by atoms with Crippen LogP contribution in [0.1, 0.15) is 33.1 Å². The van der Waals surface area contributed by atoms with E-state index in [1.807, 2.05) is 4.57 Å². The lowest BCUT2D eigenvalue weighted by Gasteiger charge is -2.29. The van der Waals surface area contributed by atoms with Crippen molar-refractivity contribution in [2.45, 2.75) is 51.8 Å². The highest BCUT2D eigenvalue weighted by molar-refractivity contribution is 6.31. The third-order valence-electron chi connectivity index (χ3n) is 4.12. The van der Waals surface area contributed by atoms with E-state index < -0.39 is 5.82 Å². The molecule has 2 N–H and O–H groups in total. The van der Waals surface area contributed by atoms with Crippen molar-refractivity contribution in [3.05, 3.63) is 29.3 Å². The molecule has 6 heteroatoms. The van der Waals surface area contributed by atoms with Crippen LogP contribution >= 0.6 is 11.6 Å². The number of rotatable bonds is 4. The van der Waals surface area contributed by atoms with Gasteiger partial charge in [0.05, 0.1) is 28.5 Å². The predicted molar refractivity (Wildman–Crippen MR) is 87.7 cm³/mol. The Kier molecular flexibility index (Phi) is 5.78. The number of aryl methyl sites for hydroxylation is 1. The Morgan fingerprint density at radius 3 is 3.05 bits per heavy atom. The second kappa shape index (κ2) is 7.40. The van der Waals surface area contributed by atoms with Crippen molar-refractivity contribution < 1.29 is 9.50 Å². The molecule has 2 heterocycles. The summed E-state index contributed by atoms with van der Waals surface area (Å²) in [6, 6.07) is 3.15. The molecule has 22 heavy (non-hydrogen) atoms. The minimum Gasteiger partial charge on any atom is -0.392 e. The van der Waals surface area contributed by atoms with Crippen LogP contribution in [0, 0.1) is 5.82 Å². The highest BCUT2D eigenvalue weighted by Gasteiger charge is 2.21. The molecule has 0 amide bonds. The zero-order chi connectivity index (χ0) is 14.8. The molecule has 2 atom stereocenters. The Balaban J connectivity index is 0.00000176. The van der Waals surface area contributed by atoms with Crippen molar-refractivity contribution in [1.82, 2.24) is 14.9 Å². The van der Waals surface area contributed by atoms with Gasteiger partial charge in [0.15, 0.2) is 0 Å². The molecule has 0 saturated carbocycles. The second-order valence-electron chi connectivity index (χ2n) is 5.61. The number of aliphatic hydroxyl groups excluding tert-OH is 1. The quantitative estimate of drug-likeness (QED) is 0.905. The summed E-state index contributed by atoms with van der Waals surface area (Å²) in [6.45, 7) is 1.72. The number of aromatic nitrogens is 2. The molecule has 3 rings (SSSR count).